The Morgan fingerprint density at radius 3 is 3.06 bits per heavy atom. The average Bonchev–Trinajstić information content (AvgIpc) is 2.97. The molecule has 2 rings (SSSR count). The second kappa shape index (κ2) is 5.07. The number of carbonyl (C=O) groups excluding carboxylic acids is 1. The van der Waals surface area contributed by atoms with Crippen LogP contribution in [-0.2, 0) is 22.6 Å². The molecule has 0 spiro atoms. The van der Waals surface area contributed by atoms with Crippen molar-refractivity contribution >= 4 is 5.97 Å². The van der Waals surface area contributed by atoms with E-state index in [0.29, 0.717) is 18.8 Å². The summed E-state index contributed by atoms with van der Waals surface area (Å²) < 4.78 is 6.53. The van der Waals surface area contributed by atoms with E-state index >= 15 is 0 Å². The van der Waals surface area contributed by atoms with Crippen molar-refractivity contribution in [3.63, 3.8) is 0 Å². The summed E-state index contributed by atoms with van der Waals surface area (Å²) in [6.45, 7) is 0.955. The average molecular weight is 224 g/mol. The maximum absolute atomic E-state index is 11.4. The molecule has 0 aliphatic heterocycles. The molecule has 0 amide bonds. The summed E-state index contributed by atoms with van der Waals surface area (Å²) in [5, 5.41) is 7.55. The molecule has 1 aliphatic rings. The predicted molar refractivity (Wildman–Crippen MR) is 56.2 cm³/mol. The third-order valence-electron chi connectivity index (χ3n) is 2.57. The largest absolute Gasteiger partial charge is 0.464 e. The van der Waals surface area contributed by atoms with Crippen molar-refractivity contribution in [2.45, 2.75) is 32.4 Å². The zero-order valence-corrected chi connectivity index (χ0v) is 9.13. The van der Waals surface area contributed by atoms with Crippen molar-refractivity contribution in [2.75, 3.05) is 6.61 Å². The van der Waals surface area contributed by atoms with Crippen molar-refractivity contribution in [2.24, 2.45) is 11.7 Å². The molecule has 0 bridgehead atoms. The van der Waals surface area contributed by atoms with Gasteiger partial charge < -0.3 is 10.5 Å². The highest BCUT2D eigenvalue weighted by molar-refractivity contribution is 5.68. The van der Waals surface area contributed by atoms with Crippen LogP contribution in [-0.4, -0.2) is 27.6 Å². The number of rotatable bonds is 6. The summed E-state index contributed by atoms with van der Waals surface area (Å²) in [4.78, 5) is 11.4. The molecule has 1 fully saturated rings. The number of nitrogens with zero attached hydrogens (tertiary/aromatic N) is 3. The lowest BCUT2D eigenvalue weighted by molar-refractivity contribution is -0.144. The molecule has 1 aromatic rings. The van der Waals surface area contributed by atoms with Gasteiger partial charge in [-0.1, -0.05) is 18.1 Å². The summed E-state index contributed by atoms with van der Waals surface area (Å²) in [6.07, 6.45) is 5.19. The maximum atomic E-state index is 11.4. The number of hydrogen-bond donors (Lipinski definition) is 1. The molecule has 1 aromatic heterocycles. The van der Waals surface area contributed by atoms with Crippen LogP contribution in [0.15, 0.2) is 6.20 Å². The third kappa shape index (κ3) is 3.30. The fourth-order valence-electron chi connectivity index (χ4n) is 1.43. The lowest BCUT2D eigenvalue weighted by Gasteiger charge is -2.03. The minimum Gasteiger partial charge on any atom is -0.464 e. The quantitative estimate of drug-likeness (QED) is 0.692. The van der Waals surface area contributed by atoms with Crippen LogP contribution in [0.3, 0.4) is 0 Å². The molecule has 2 N–H and O–H groups in total. The Balaban J connectivity index is 1.68. The van der Waals surface area contributed by atoms with E-state index in [0.717, 1.165) is 12.3 Å². The van der Waals surface area contributed by atoms with Crippen LogP contribution in [0.2, 0.25) is 0 Å². The van der Waals surface area contributed by atoms with Gasteiger partial charge in [-0.25, -0.2) is 4.68 Å². The van der Waals surface area contributed by atoms with Gasteiger partial charge in [-0.05, 0) is 12.3 Å². The van der Waals surface area contributed by atoms with Crippen LogP contribution in [0.25, 0.3) is 0 Å². The maximum Gasteiger partial charge on any atom is 0.327 e. The Labute approximate surface area is 93.8 Å². The fraction of sp³-hybridized carbons (Fsp3) is 0.700. The standard InChI is InChI=1S/C10H16N4O2/c11-5-9-6-14(13-12-9)7-10(15)16-4-3-8-1-2-8/h6,8H,1-5,7,11H2. The number of nitrogens with two attached hydrogens (primary N) is 1. The van der Waals surface area contributed by atoms with Crippen molar-refractivity contribution < 1.29 is 9.53 Å². The molecule has 0 saturated heterocycles. The Morgan fingerprint density at radius 2 is 2.44 bits per heavy atom. The van der Waals surface area contributed by atoms with Crippen molar-refractivity contribution in [3.8, 4) is 0 Å². The smallest absolute Gasteiger partial charge is 0.327 e. The lowest BCUT2D eigenvalue weighted by atomic mass is 10.3. The molecule has 1 saturated carbocycles. The molecule has 1 aliphatic carbocycles. The van der Waals surface area contributed by atoms with Gasteiger partial charge in [0.1, 0.15) is 6.54 Å². The van der Waals surface area contributed by atoms with E-state index in [9.17, 15) is 4.79 Å². The molecule has 0 atom stereocenters. The fourth-order valence-corrected chi connectivity index (χ4v) is 1.43. The van der Waals surface area contributed by atoms with Gasteiger partial charge in [0, 0.05) is 6.54 Å². The van der Waals surface area contributed by atoms with Crippen LogP contribution in [0, 0.1) is 5.92 Å². The molecule has 0 unspecified atom stereocenters. The monoisotopic (exact) mass is 224 g/mol. The van der Waals surface area contributed by atoms with Gasteiger partial charge in [-0.3, -0.25) is 4.79 Å². The minimum atomic E-state index is -0.269. The highest BCUT2D eigenvalue weighted by Gasteiger charge is 2.21. The summed E-state index contributed by atoms with van der Waals surface area (Å²) in [5.41, 5.74) is 6.05. The molecular formula is C10H16N4O2. The first-order valence-corrected chi connectivity index (χ1v) is 5.52. The molecule has 88 valence electrons. The second-order valence-electron chi connectivity index (χ2n) is 4.06. The van der Waals surface area contributed by atoms with E-state index in [-0.39, 0.29) is 12.5 Å². The van der Waals surface area contributed by atoms with E-state index < -0.39 is 0 Å². The van der Waals surface area contributed by atoms with E-state index in [1.54, 1.807) is 6.20 Å². The summed E-state index contributed by atoms with van der Waals surface area (Å²) in [7, 11) is 0. The topological polar surface area (TPSA) is 83.0 Å². The molecule has 0 radical (unpaired) electrons. The highest BCUT2D eigenvalue weighted by Crippen LogP contribution is 2.32. The summed E-state index contributed by atoms with van der Waals surface area (Å²) in [6, 6.07) is 0. The van der Waals surface area contributed by atoms with Crippen LogP contribution < -0.4 is 5.73 Å². The van der Waals surface area contributed by atoms with Gasteiger partial charge in [-0.2, -0.15) is 0 Å². The Hall–Kier alpha value is -1.43. The first-order chi connectivity index (χ1) is 7.78. The Bertz CT molecular complexity index is 359. The van der Waals surface area contributed by atoms with Gasteiger partial charge >= 0.3 is 5.97 Å². The van der Waals surface area contributed by atoms with Crippen molar-refractivity contribution in [3.05, 3.63) is 11.9 Å². The van der Waals surface area contributed by atoms with Crippen molar-refractivity contribution in [1.82, 2.24) is 15.0 Å². The van der Waals surface area contributed by atoms with Gasteiger partial charge in [0.15, 0.2) is 0 Å². The molecule has 0 aromatic carbocycles. The second-order valence-corrected chi connectivity index (χ2v) is 4.06. The van der Waals surface area contributed by atoms with Crippen LogP contribution >= 0.6 is 0 Å². The number of carbonyl (C=O) groups is 1. The SMILES string of the molecule is NCc1cn(CC(=O)OCCC2CC2)nn1. The predicted octanol–water partition coefficient (Wildman–Crippen LogP) is 0.0801. The van der Waals surface area contributed by atoms with E-state index in [4.69, 9.17) is 10.5 Å². The Morgan fingerprint density at radius 1 is 1.62 bits per heavy atom. The number of esters is 1. The summed E-state index contributed by atoms with van der Waals surface area (Å²) in [5.74, 6) is 0.511. The molecule has 6 nitrogen and oxygen atoms in total. The normalized spacial score (nSPS) is 15.1. The molecular weight excluding hydrogens is 208 g/mol. The third-order valence-corrected chi connectivity index (χ3v) is 2.57. The first-order valence-electron chi connectivity index (χ1n) is 5.52. The van der Waals surface area contributed by atoms with Crippen LogP contribution in [0.5, 0.6) is 0 Å². The molecule has 6 heteroatoms. The number of ether oxygens (including phenoxy) is 1. The zero-order chi connectivity index (χ0) is 11.4. The van der Waals surface area contributed by atoms with E-state index in [2.05, 4.69) is 10.3 Å². The number of aromatic nitrogens is 3. The van der Waals surface area contributed by atoms with Crippen LogP contribution in [0.1, 0.15) is 25.0 Å². The number of hydrogen-bond acceptors (Lipinski definition) is 5. The molecule has 1 heterocycles. The zero-order valence-electron chi connectivity index (χ0n) is 9.13. The minimum absolute atomic E-state index is 0.109. The molecule has 16 heavy (non-hydrogen) atoms. The van der Waals surface area contributed by atoms with Crippen LogP contribution in [0.4, 0.5) is 0 Å². The van der Waals surface area contributed by atoms with Gasteiger partial charge in [0.25, 0.3) is 0 Å². The first kappa shape index (κ1) is 11.1. The van der Waals surface area contributed by atoms with Crippen molar-refractivity contribution in [1.29, 1.82) is 0 Å². The lowest BCUT2D eigenvalue weighted by Crippen LogP contribution is -2.15. The van der Waals surface area contributed by atoms with E-state index in [1.807, 2.05) is 0 Å². The van der Waals surface area contributed by atoms with E-state index in [1.165, 1.54) is 17.5 Å². The summed E-state index contributed by atoms with van der Waals surface area (Å²) >= 11 is 0. The van der Waals surface area contributed by atoms with Gasteiger partial charge in [-0.15, -0.1) is 5.10 Å². The van der Waals surface area contributed by atoms with Gasteiger partial charge in [0.05, 0.1) is 18.5 Å². The van der Waals surface area contributed by atoms with Gasteiger partial charge in [0.2, 0.25) is 0 Å². The Kier molecular flexibility index (Phi) is 3.51. The highest BCUT2D eigenvalue weighted by atomic mass is 16.5.